The predicted molar refractivity (Wildman–Crippen MR) is 107 cm³/mol. The number of piperidine rings is 1. The summed E-state index contributed by atoms with van der Waals surface area (Å²) >= 11 is 0. The first-order valence-corrected chi connectivity index (χ1v) is 11.2. The topological polar surface area (TPSA) is 50.8 Å². The highest BCUT2D eigenvalue weighted by molar-refractivity contribution is 5.77. The number of benzene rings is 1. The molecule has 1 amide bonds. The number of hydrogen-bond acceptors (Lipinski definition) is 4. The summed E-state index contributed by atoms with van der Waals surface area (Å²) in [6, 6.07) is 7.80. The molecule has 3 aliphatic heterocycles. The molecule has 1 aromatic rings. The summed E-state index contributed by atoms with van der Waals surface area (Å²) < 4.78 is 11.0. The third kappa shape index (κ3) is 3.86. The monoisotopic (exact) mass is 384 g/mol. The van der Waals surface area contributed by atoms with Crippen molar-refractivity contribution in [2.24, 2.45) is 5.92 Å². The van der Waals surface area contributed by atoms with Crippen LogP contribution in [-0.4, -0.2) is 35.7 Å². The minimum absolute atomic E-state index is 0.294. The van der Waals surface area contributed by atoms with Crippen molar-refractivity contribution in [2.45, 2.75) is 88.9 Å². The number of ether oxygens (including phenoxy) is 2. The lowest BCUT2D eigenvalue weighted by Crippen LogP contribution is -2.44. The maximum atomic E-state index is 13.4. The first-order chi connectivity index (χ1) is 13.7. The van der Waals surface area contributed by atoms with Gasteiger partial charge in [-0.05, 0) is 62.1 Å². The van der Waals surface area contributed by atoms with Crippen LogP contribution in [0.3, 0.4) is 0 Å². The lowest BCUT2D eigenvalue weighted by Gasteiger charge is -2.36. The molecule has 1 N–H and O–H groups in total. The molecule has 1 saturated carbocycles. The molecule has 2 saturated heterocycles. The van der Waals surface area contributed by atoms with E-state index in [2.05, 4.69) is 22.3 Å². The Morgan fingerprint density at radius 1 is 1.00 bits per heavy atom. The van der Waals surface area contributed by atoms with Gasteiger partial charge in [0.25, 0.3) is 0 Å². The number of nitrogens with zero attached hydrogens (tertiary/aromatic N) is 1. The van der Waals surface area contributed by atoms with Crippen molar-refractivity contribution in [1.82, 2.24) is 10.2 Å². The smallest absolute Gasteiger partial charge is 0.231 e. The van der Waals surface area contributed by atoms with Gasteiger partial charge in [0, 0.05) is 31.1 Å². The van der Waals surface area contributed by atoms with Crippen LogP contribution in [0.1, 0.15) is 69.8 Å². The first kappa shape index (κ1) is 18.3. The van der Waals surface area contributed by atoms with Gasteiger partial charge in [-0.25, -0.2) is 0 Å². The zero-order valence-corrected chi connectivity index (χ0v) is 16.7. The zero-order chi connectivity index (χ0) is 18.9. The van der Waals surface area contributed by atoms with Crippen molar-refractivity contribution in [3.63, 3.8) is 0 Å². The van der Waals surface area contributed by atoms with E-state index in [-0.39, 0.29) is 0 Å². The van der Waals surface area contributed by atoms with Crippen molar-refractivity contribution in [2.75, 3.05) is 6.79 Å². The molecule has 3 heterocycles. The Hall–Kier alpha value is -1.75. The molecule has 2 atom stereocenters. The fourth-order valence-electron chi connectivity index (χ4n) is 5.76. The molecule has 4 aliphatic rings. The number of carbonyl (C=O) groups is 1. The van der Waals surface area contributed by atoms with E-state index >= 15 is 0 Å². The van der Waals surface area contributed by atoms with Crippen molar-refractivity contribution >= 4 is 5.91 Å². The zero-order valence-electron chi connectivity index (χ0n) is 16.7. The Kier molecular flexibility index (Phi) is 5.19. The van der Waals surface area contributed by atoms with E-state index in [1.165, 1.54) is 44.9 Å². The molecule has 0 aromatic heterocycles. The van der Waals surface area contributed by atoms with Gasteiger partial charge in [-0.15, -0.1) is 0 Å². The highest BCUT2D eigenvalue weighted by Gasteiger charge is 2.36. The van der Waals surface area contributed by atoms with Crippen LogP contribution in [0, 0.1) is 5.92 Å². The fourth-order valence-corrected chi connectivity index (χ4v) is 5.76. The molecule has 1 aromatic carbocycles. The number of amides is 1. The Morgan fingerprint density at radius 2 is 1.75 bits per heavy atom. The van der Waals surface area contributed by atoms with Gasteiger partial charge in [0.15, 0.2) is 11.5 Å². The fraction of sp³-hybridized carbons (Fsp3) is 0.696. The van der Waals surface area contributed by atoms with Crippen LogP contribution in [0.2, 0.25) is 0 Å². The summed E-state index contributed by atoms with van der Waals surface area (Å²) in [5.41, 5.74) is 1.15. The summed E-state index contributed by atoms with van der Waals surface area (Å²) in [6.07, 6.45) is 11.7. The van der Waals surface area contributed by atoms with Crippen molar-refractivity contribution < 1.29 is 14.3 Å². The summed E-state index contributed by atoms with van der Waals surface area (Å²) in [7, 11) is 0. The molecule has 0 spiro atoms. The van der Waals surface area contributed by atoms with Crippen LogP contribution in [0.4, 0.5) is 0 Å². The summed E-state index contributed by atoms with van der Waals surface area (Å²) in [6.45, 7) is 0.986. The molecule has 3 fully saturated rings. The molecule has 2 bridgehead atoms. The molecule has 2 unspecified atom stereocenters. The van der Waals surface area contributed by atoms with Crippen molar-refractivity contribution in [3.05, 3.63) is 23.8 Å². The van der Waals surface area contributed by atoms with Gasteiger partial charge in [-0.1, -0.05) is 25.3 Å². The highest BCUT2D eigenvalue weighted by atomic mass is 16.7. The van der Waals surface area contributed by atoms with Crippen LogP contribution >= 0.6 is 0 Å². The Morgan fingerprint density at radius 3 is 2.54 bits per heavy atom. The van der Waals surface area contributed by atoms with E-state index in [9.17, 15) is 4.79 Å². The third-order valence-corrected chi connectivity index (χ3v) is 7.16. The lowest BCUT2D eigenvalue weighted by molar-refractivity contribution is -0.136. The molecular formula is C23H32N2O3. The lowest BCUT2D eigenvalue weighted by atomic mass is 9.88. The number of hydrogen-bond donors (Lipinski definition) is 1. The molecule has 1 aliphatic carbocycles. The standard InChI is InChI=1S/C23H32N2O3/c26-23(13-17-10-18-7-8-19(11-17)24-18)25(20-4-2-1-3-5-20)14-16-6-9-21-22(12-16)28-15-27-21/h6,9,12,17-20,24H,1-5,7-8,10-11,13-15H2. The Bertz CT molecular complexity index is 704. The molecule has 28 heavy (non-hydrogen) atoms. The average Bonchev–Trinajstić information content (AvgIpc) is 3.32. The summed E-state index contributed by atoms with van der Waals surface area (Å²) in [4.78, 5) is 15.6. The second kappa shape index (κ2) is 7.94. The molecule has 5 rings (SSSR count). The summed E-state index contributed by atoms with van der Waals surface area (Å²) in [5, 5.41) is 3.70. The summed E-state index contributed by atoms with van der Waals surface area (Å²) in [5.74, 6) is 2.53. The second-order valence-electron chi connectivity index (χ2n) is 9.18. The highest BCUT2D eigenvalue weighted by Crippen LogP contribution is 2.36. The van der Waals surface area contributed by atoms with Crippen LogP contribution in [0.25, 0.3) is 0 Å². The molecule has 5 heteroatoms. The van der Waals surface area contributed by atoms with Gasteiger partial charge >= 0.3 is 0 Å². The number of fused-ring (bicyclic) bond motifs is 3. The van der Waals surface area contributed by atoms with Crippen LogP contribution in [0.15, 0.2) is 18.2 Å². The number of carbonyl (C=O) groups excluding carboxylic acids is 1. The van der Waals surface area contributed by atoms with E-state index in [1.54, 1.807) is 0 Å². The van der Waals surface area contributed by atoms with Crippen LogP contribution in [-0.2, 0) is 11.3 Å². The molecule has 152 valence electrons. The Labute approximate surface area is 167 Å². The Balaban J connectivity index is 1.30. The third-order valence-electron chi connectivity index (χ3n) is 7.16. The van der Waals surface area contributed by atoms with Crippen LogP contribution < -0.4 is 14.8 Å². The molecule has 0 radical (unpaired) electrons. The van der Waals surface area contributed by atoms with Crippen molar-refractivity contribution in [3.8, 4) is 11.5 Å². The largest absolute Gasteiger partial charge is 0.454 e. The predicted octanol–water partition coefficient (Wildman–Crippen LogP) is 4.00. The maximum absolute atomic E-state index is 13.4. The average molecular weight is 385 g/mol. The minimum atomic E-state index is 0.294. The van der Waals surface area contributed by atoms with Gasteiger partial charge in [0.1, 0.15) is 0 Å². The SMILES string of the molecule is O=C(CC1CC2CCC(C1)N2)N(Cc1ccc2c(c1)OCO2)C1CCCCC1. The van der Waals surface area contributed by atoms with Crippen LogP contribution in [0.5, 0.6) is 11.5 Å². The number of nitrogens with one attached hydrogen (secondary N) is 1. The van der Waals surface area contributed by atoms with E-state index in [0.29, 0.717) is 43.3 Å². The van der Waals surface area contributed by atoms with Gasteiger partial charge in [-0.2, -0.15) is 0 Å². The van der Waals surface area contributed by atoms with E-state index in [1.807, 2.05) is 6.07 Å². The van der Waals surface area contributed by atoms with Gasteiger partial charge in [0.05, 0.1) is 0 Å². The minimum Gasteiger partial charge on any atom is -0.454 e. The quantitative estimate of drug-likeness (QED) is 0.834. The van der Waals surface area contributed by atoms with Gasteiger partial charge in [-0.3, -0.25) is 4.79 Å². The second-order valence-corrected chi connectivity index (χ2v) is 9.18. The van der Waals surface area contributed by atoms with Gasteiger partial charge < -0.3 is 19.7 Å². The van der Waals surface area contributed by atoms with Gasteiger partial charge in [0.2, 0.25) is 12.7 Å². The van der Waals surface area contributed by atoms with E-state index in [4.69, 9.17) is 9.47 Å². The normalized spacial score (nSPS) is 29.1. The van der Waals surface area contributed by atoms with E-state index < -0.39 is 0 Å². The van der Waals surface area contributed by atoms with E-state index in [0.717, 1.165) is 36.3 Å². The first-order valence-electron chi connectivity index (χ1n) is 11.2. The molecular weight excluding hydrogens is 352 g/mol. The van der Waals surface area contributed by atoms with Crippen molar-refractivity contribution in [1.29, 1.82) is 0 Å². The number of rotatable bonds is 5. The maximum Gasteiger partial charge on any atom is 0.231 e. The molecule has 5 nitrogen and oxygen atoms in total.